The lowest BCUT2D eigenvalue weighted by Crippen LogP contribution is -1.91. The van der Waals surface area contributed by atoms with Gasteiger partial charge >= 0.3 is 0 Å². The maximum atomic E-state index is 5.91. The lowest BCUT2D eigenvalue weighted by Gasteiger charge is -2.00. The molecule has 0 aliphatic rings. The first-order valence-electron chi connectivity index (χ1n) is 5.66. The number of rotatable bonds is 2. The van der Waals surface area contributed by atoms with Crippen LogP contribution in [0, 0.1) is 0 Å². The first-order chi connectivity index (χ1) is 9.25. The number of nitrogen functional groups attached to an aromatic ring is 1. The topological polar surface area (TPSA) is 51.8 Å². The Morgan fingerprint density at radius 2 is 2.11 bits per heavy atom. The molecule has 0 aliphatic carbocycles. The van der Waals surface area contributed by atoms with E-state index in [0.717, 1.165) is 25.8 Å². The van der Waals surface area contributed by atoms with Crippen LogP contribution in [0.1, 0.15) is 11.3 Å². The Labute approximate surface area is 122 Å². The van der Waals surface area contributed by atoms with Crippen LogP contribution in [-0.4, -0.2) is 9.97 Å². The summed E-state index contributed by atoms with van der Waals surface area (Å²) in [4.78, 5) is 8.49. The highest BCUT2D eigenvalue weighted by atomic mass is 79.9. The molecule has 0 bridgehead atoms. The van der Waals surface area contributed by atoms with Gasteiger partial charge in [0.05, 0.1) is 5.69 Å². The second-order valence-electron chi connectivity index (χ2n) is 3.97. The summed E-state index contributed by atoms with van der Waals surface area (Å²) in [5.41, 5.74) is 7.87. The summed E-state index contributed by atoms with van der Waals surface area (Å²) in [5, 5.41) is 3.01. The third kappa shape index (κ3) is 2.39. The molecule has 2 N–H and O–H groups in total. The first kappa shape index (κ1) is 12.3. The van der Waals surface area contributed by atoms with Crippen molar-refractivity contribution in [3.8, 4) is 0 Å². The number of thiophene rings is 1. The first-order valence-corrected chi connectivity index (χ1v) is 7.33. The van der Waals surface area contributed by atoms with Gasteiger partial charge in [-0.05, 0) is 40.2 Å². The fraction of sp³-hybridized carbons (Fsp3) is 0. The minimum Gasteiger partial charge on any atom is -0.383 e. The molecule has 0 atom stereocenters. The van der Waals surface area contributed by atoms with Crippen LogP contribution in [0.2, 0.25) is 0 Å². The summed E-state index contributed by atoms with van der Waals surface area (Å²) in [6, 6.07) is 5.82. The van der Waals surface area contributed by atoms with Gasteiger partial charge in [0.1, 0.15) is 5.82 Å². The standard InChI is InChI=1S/C14H10BrN3S/c15-11-8-19-13-9(7-18-14(16)12(11)13)4-5-10-3-1-2-6-17-10/h1-8H,(H2,16,18). The fourth-order valence-electron chi connectivity index (χ4n) is 1.82. The second kappa shape index (κ2) is 5.11. The largest absolute Gasteiger partial charge is 0.383 e. The van der Waals surface area contributed by atoms with Crippen LogP contribution in [0.15, 0.2) is 40.4 Å². The number of nitrogens with two attached hydrogens (primary N) is 1. The molecule has 3 aromatic heterocycles. The number of fused-ring (bicyclic) bond motifs is 1. The minimum absolute atomic E-state index is 0.554. The van der Waals surface area contributed by atoms with E-state index in [4.69, 9.17) is 5.73 Å². The van der Waals surface area contributed by atoms with E-state index in [1.807, 2.05) is 35.7 Å². The molecule has 0 radical (unpaired) electrons. The van der Waals surface area contributed by atoms with E-state index in [2.05, 4.69) is 25.9 Å². The normalized spacial score (nSPS) is 11.4. The van der Waals surface area contributed by atoms with Crippen LogP contribution in [0.25, 0.3) is 22.2 Å². The summed E-state index contributed by atoms with van der Waals surface area (Å²) in [7, 11) is 0. The number of anilines is 1. The average molecular weight is 332 g/mol. The van der Waals surface area contributed by atoms with Crippen molar-refractivity contribution in [3.05, 3.63) is 51.7 Å². The Bertz CT molecular complexity index is 750. The molecule has 3 rings (SSSR count). The molecule has 0 saturated heterocycles. The zero-order valence-corrected chi connectivity index (χ0v) is 12.3. The van der Waals surface area contributed by atoms with Crippen molar-refractivity contribution in [2.75, 3.05) is 5.73 Å². The van der Waals surface area contributed by atoms with Crippen molar-refractivity contribution < 1.29 is 0 Å². The summed E-state index contributed by atoms with van der Waals surface area (Å²) in [6.45, 7) is 0. The van der Waals surface area contributed by atoms with Crippen molar-refractivity contribution in [3.63, 3.8) is 0 Å². The van der Waals surface area contributed by atoms with Crippen LogP contribution < -0.4 is 5.73 Å². The van der Waals surface area contributed by atoms with Crippen LogP contribution in [-0.2, 0) is 0 Å². The SMILES string of the molecule is Nc1ncc(C=Cc2ccccn2)c2scc(Br)c12. The van der Waals surface area contributed by atoms with Crippen LogP contribution in [0.5, 0.6) is 0 Å². The van der Waals surface area contributed by atoms with Gasteiger partial charge in [-0.1, -0.05) is 6.07 Å². The van der Waals surface area contributed by atoms with E-state index in [-0.39, 0.29) is 0 Å². The molecule has 3 aromatic rings. The Balaban J connectivity index is 2.07. The average Bonchev–Trinajstić information content (AvgIpc) is 2.83. The van der Waals surface area contributed by atoms with Gasteiger partial charge in [-0.2, -0.15) is 0 Å². The van der Waals surface area contributed by atoms with Gasteiger partial charge in [0.25, 0.3) is 0 Å². The number of hydrogen-bond acceptors (Lipinski definition) is 4. The van der Waals surface area contributed by atoms with E-state index in [9.17, 15) is 0 Å². The molecule has 19 heavy (non-hydrogen) atoms. The number of halogens is 1. The van der Waals surface area contributed by atoms with Gasteiger partial charge in [0.15, 0.2) is 0 Å². The van der Waals surface area contributed by atoms with Crippen molar-refractivity contribution in [1.29, 1.82) is 0 Å². The molecule has 3 heterocycles. The van der Waals surface area contributed by atoms with Gasteiger partial charge < -0.3 is 5.73 Å². The van der Waals surface area contributed by atoms with E-state index in [1.165, 1.54) is 0 Å². The fourth-order valence-corrected chi connectivity index (χ4v) is 3.56. The second-order valence-corrected chi connectivity index (χ2v) is 5.71. The van der Waals surface area contributed by atoms with Crippen LogP contribution in [0.3, 0.4) is 0 Å². The zero-order valence-electron chi connectivity index (χ0n) is 9.88. The zero-order chi connectivity index (χ0) is 13.2. The number of hydrogen-bond donors (Lipinski definition) is 1. The third-order valence-corrected chi connectivity index (χ3v) is 4.69. The van der Waals surface area contributed by atoms with E-state index in [1.54, 1.807) is 23.7 Å². The number of aromatic nitrogens is 2. The molecule has 0 aromatic carbocycles. The summed E-state index contributed by atoms with van der Waals surface area (Å²) in [5.74, 6) is 0.554. The lowest BCUT2D eigenvalue weighted by molar-refractivity contribution is 1.30. The molecule has 0 amide bonds. The Kier molecular flexibility index (Phi) is 3.31. The summed E-state index contributed by atoms with van der Waals surface area (Å²) in [6.07, 6.45) is 7.55. The van der Waals surface area contributed by atoms with Gasteiger partial charge in [0, 0.05) is 37.9 Å². The maximum absolute atomic E-state index is 5.91. The van der Waals surface area contributed by atoms with Gasteiger partial charge in [0.2, 0.25) is 0 Å². The molecule has 94 valence electrons. The minimum atomic E-state index is 0.554. The smallest absolute Gasteiger partial charge is 0.133 e. The quantitative estimate of drug-likeness (QED) is 0.765. The molecule has 0 spiro atoms. The Morgan fingerprint density at radius 3 is 2.89 bits per heavy atom. The maximum Gasteiger partial charge on any atom is 0.133 e. The van der Waals surface area contributed by atoms with E-state index in [0.29, 0.717) is 5.82 Å². The van der Waals surface area contributed by atoms with E-state index >= 15 is 0 Å². The predicted octanol–water partition coefficient (Wildman–Crippen LogP) is 4.21. The Hall–Kier alpha value is -1.72. The Morgan fingerprint density at radius 1 is 1.21 bits per heavy atom. The van der Waals surface area contributed by atoms with Crippen LogP contribution >= 0.6 is 27.3 Å². The molecule has 0 fully saturated rings. The van der Waals surface area contributed by atoms with Gasteiger partial charge in [-0.15, -0.1) is 11.3 Å². The molecule has 5 heteroatoms. The molecule has 0 unspecified atom stereocenters. The highest BCUT2D eigenvalue weighted by molar-refractivity contribution is 9.10. The monoisotopic (exact) mass is 331 g/mol. The molecular weight excluding hydrogens is 322 g/mol. The van der Waals surface area contributed by atoms with Crippen molar-refractivity contribution >= 4 is 55.3 Å². The van der Waals surface area contributed by atoms with Crippen LogP contribution in [0.4, 0.5) is 5.82 Å². The number of nitrogens with zero attached hydrogens (tertiary/aromatic N) is 2. The lowest BCUT2D eigenvalue weighted by atomic mass is 10.2. The molecule has 0 saturated carbocycles. The van der Waals surface area contributed by atoms with Crippen molar-refractivity contribution in [2.24, 2.45) is 0 Å². The van der Waals surface area contributed by atoms with E-state index < -0.39 is 0 Å². The predicted molar refractivity (Wildman–Crippen MR) is 84.9 cm³/mol. The van der Waals surface area contributed by atoms with Crippen molar-refractivity contribution in [1.82, 2.24) is 9.97 Å². The highest BCUT2D eigenvalue weighted by Gasteiger charge is 2.09. The number of pyridine rings is 2. The third-order valence-electron chi connectivity index (χ3n) is 2.73. The molecule has 3 nitrogen and oxygen atoms in total. The highest BCUT2D eigenvalue weighted by Crippen LogP contribution is 2.36. The summed E-state index contributed by atoms with van der Waals surface area (Å²) >= 11 is 5.15. The summed E-state index contributed by atoms with van der Waals surface area (Å²) < 4.78 is 2.12. The molecule has 0 aliphatic heterocycles. The van der Waals surface area contributed by atoms with Gasteiger partial charge in [-0.3, -0.25) is 4.98 Å². The van der Waals surface area contributed by atoms with Crippen molar-refractivity contribution in [2.45, 2.75) is 0 Å². The molecular formula is C14H10BrN3S. The van der Waals surface area contributed by atoms with Gasteiger partial charge in [-0.25, -0.2) is 4.98 Å².